The van der Waals surface area contributed by atoms with E-state index in [0.29, 0.717) is 11.1 Å². The molecule has 1 N–H and O–H groups in total. The molecule has 94 valence electrons. The summed E-state index contributed by atoms with van der Waals surface area (Å²) < 4.78 is 12.8. The molecular weight excluding hydrogens is 243 g/mol. The van der Waals surface area contributed by atoms with Gasteiger partial charge in [-0.1, -0.05) is 30.3 Å². The molecule has 19 heavy (non-hydrogen) atoms. The number of carbonyl (C=O) groups excluding carboxylic acids is 1. The number of hydrogen-bond acceptors (Lipinski definition) is 2. The Morgan fingerprint density at radius 3 is 2.32 bits per heavy atom. The Morgan fingerprint density at radius 2 is 1.74 bits per heavy atom. The second-order valence-corrected chi connectivity index (χ2v) is 3.95. The summed E-state index contributed by atoms with van der Waals surface area (Å²) in [6.07, 6.45) is 0. The largest absolute Gasteiger partial charge is 0.333 e. The molecule has 0 bridgehead atoms. The van der Waals surface area contributed by atoms with E-state index in [1.165, 1.54) is 24.3 Å². The van der Waals surface area contributed by atoms with Crippen LogP contribution in [0.25, 0.3) is 0 Å². The smallest absolute Gasteiger partial charge is 0.252 e. The van der Waals surface area contributed by atoms with Crippen LogP contribution in [0.1, 0.15) is 22.0 Å². The number of rotatable bonds is 3. The maximum Gasteiger partial charge on any atom is 0.252 e. The Kier molecular flexibility index (Phi) is 3.89. The van der Waals surface area contributed by atoms with Crippen molar-refractivity contribution in [3.8, 4) is 6.07 Å². The molecule has 0 saturated heterocycles. The van der Waals surface area contributed by atoms with Crippen LogP contribution in [-0.4, -0.2) is 5.91 Å². The lowest BCUT2D eigenvalue weighted by atomic mass is 10.1. The molecule has 0 heterocycles. The first-order valence-corrected chi connectivity index (χ1v) is 5.71. The summed E-state index contributed by atoms with van der Waals surface area (Å²) >= 11 is 0. The molecule has 1 amide bonds. The number of benzene rings is 2. The first-order chi connectivity index (χ1) is 9.20. The van der Waals surface area contributed by atoms with E-state index in [2.05, 4.69) is 5.32 Å². The highest BCUT2D eigenvalue weighted by atomic mass is 19.1. The predicted molar refractivity (Wildman–Crippen MR) is 68.7 cm³/mol. The standard InChI is InChI=1S/C15H11FN2O/c16-13-8-6-11(7-9-13)14(10-17)18-15(19)12-4-2-1-3-5-12/h1-9,14H,(H,18,19)/t14-/m0/s1. The molecule has 2 aromatic carbocycles. The van der Waals surface area contributed by atoms with Gasteiger partial charge in [-0.05, 0) is 29.8 Å². The molecule has 0 radical (unpaired) electrons. The van der Waals surface area contributed by atoms with E-state index in [4.69, 9.17) is 5.26 Å². The van der Waals surface area contributed by atoms with Crippen molar-refractivity contribution in [2.45, 2.75) is 6.04 Å². The molecule has 0 aliphatic carbocycles. The van der Waals surface area contributed by atoms with Crippen molar-refractivity contribution in [2.75, 3.05) is 0 Å². The summed E-state index contributed by atoms with van der Waals surface area (Å²) in [4.78, 5) is 11.9. The van der Waals surface area contributed by atoms with Crippen LogP contribution in [0.3, 0.4) is 0 Å². The molecule has 4 heteroatoms. The van der Waals surface area contributed by atoms with E-state index in [9.17, 15) is 9.18 Å². The highest BCUT2D eigenvalue weighted by Gasteiger charge is 2.14. The van der Waals surface area contributed by atoms with Crippen molar-refractivity contribution in [3.05, 3.63) is 71.5 Å². The molecule has 3 nitrogen and oxygen atoms in total. The van der Waals surface area contributed by atoms with Gasteiger partial charge in [0.15, 0.2) is 0 Å². The minimum atomic E-state index is -0.798. The Hall–Kier alpha value is -2.67. The molecule has 0 aliphatic heterocycles. The lowest BCUT2D eigenvalue weighted by molar-refractivity contribution is 0.0945. The van der Waals surface area contributed by atoms with Gasteiger partial charge in [-0.3, -0.25) is 4.79 Å². The summed E-state index contributed by atoms with van der Waals surface area (Å²) in [6, 6.07) is 15.3. The number of nitrogens with zero attached hydrogens (tertiary/aromatic N) is 1. The molecule has 0 fully saturated rings. The van der Waals surface area contributed by atoms with Crippen LogP contribution in [0.2, 0.25) is 0 Å². The third-order valence-electron chi connectivity index (χ3n) is 2.64. The molecule has 0 saturated carbocycles. The fourth-order valence-corrected chi connectivity index (χ4v) is 1.65. The molecule has 0 aliphatic rings. The van der Waals surface area contributed by atoms with Crippen molar-refractivity contribution >= 4 is 5.91 Å². The zero-order chi connectivity index (χ0) is 13.7. The SMILES string of the molecule is N#C[C@H](NC(=O)c1ccccc1)c1ccc(F)cc1. The zero-order valence-electron chi connectivity index (χ0n) is 10.0. The quantitative estimate of drug-likeness (QED) is 0.915. The van der Waals surface area contributed by atoms with Crippen LogP contribution in [0.4, 0.5) is 4.39 Å². The Morgan fingerprint density at radius 1 is 1.11 bits per heavy atom. The van der Waals surface area contributed by atoms with Gasteiger partial charge in [0.1, 0.15) is 11.9 Å². The van der Waals surface area contributed by atoms with E-state index in [0.717, 1.165) is 0 Å². The minimum Gasteiger partial charge on any atom is -0.333 e. The third-order valence-corrected chi connectivity index (χ3v) is 2.64. The highest BCUT2D eigenvalue weighted by molar-refractivity contribution is 5.94. The van der Waals surface area contributed by atoms with Crippen LogP contribution in [-0.2, 0) is 0 Å². The Labute approximate surface area is 110 Å². The number of amides is 1. The third kappa shape index (κ3) is 3.17. The van der Waals surface area contributed by atoms with Gasteiger partial charge in [-0.25, -0.2) is 4.39 Å². The van der Waals surface area contributed by atoms with Gasteiger partial charge in [0.2, 0.25) is 0 Å². The minimum absolute atomic E-state index is 0.337. The average Bonchev–Trinajstić information content (AvgIpc) is 2.46. The van der Waals surface area contributed by atoms with Crippen molar-refractivity contribution < 1.29 is 9.18 Å². The molecule has 0 aromatic heterocycles. The van der Waals surface area contributed by atoms with E-state index >= 15 is 0 Å². The van der Waals surface area contributed by atoms with E-state index < -0.39 is 6.04 Å². The summed E-state index contributed by atoms with van der Waals surface area (Å²) in [6.45, 7) is 0. The highest BCUT2D eigenvalue weighted by Crippen LogP contribution is 2.13. The van der Waals surface area contributed by atoms with Crippen LogP contribution in [0.5, 0.6) is 0 Å². The predicted octanol–water partition coefficient (Wildman–Crippen LogP) is 2.82. The second kappa shape index (κ2) is 5.78. The zero-order valence-corrected chi connectivity index (χ0v) is 10.0. The van der Waals surface area contributed by atoms with E-state index in [1.54, 1.807) is 30.3 Å². The topological polar surface area (TPSA) is 52.9 Å². The van der Waals surface area contributed by atoms with E-state index in [1.807, 2.05) is 6.07 Å². The molecule has 0 spiro atoms. The second-order valence-electron chi connectivity index (χ2n) is 3.95. The lowest BCUT2D eigenvalue weighted by Gasteiger charge is -2.11. The van der Waals surface area contributed by atoms with Crippen LogP contribution in [0.15, 0.2) is 54.6 Å². The maximum atomic E-state index is 12.8. The molecule has 2 aromatic rings. The van der Waals surface area contributed by atoms with Crippen molar-refractivity contribution in [1.29, 1.82) is 5.26 Å². The molecule has 1 atom stereocenters. The monoisotopic (exact) mass is 254 g/mol. The maximum absolute atomic E-state index is 12.8. The first-order valence-electron chi connectivity index (χ1n) is 5.71. The Bertz CT molecular complexity index is 602. The molecule has 2 rings (SSSR count). The average molecular weight is 254 g/mol. The van der Waals surface area contributed by atoms with Gasteiger partial charge >= 0.3 is 0 Å². The summed E-state index contributed by atoms with van der Waals surface area (Å²) in [5, 5.41) is 11.7. The molecular formula is C15H11FN2O. The fraction of sp³-hybridized carbons (Fsp3) is 0.0667. The summed E-state index contributed by atoms with van der Waals surface area (Å²) in [5.41, 5.74) is 1.03. The number of carbonyl (C=O) groups is 1. The van der Waals surface area contributed by atoms with Gasteiger partial charge in [-0.15, -0.1) is 0 Å². The molecule has 0 unspecified atom stereocenters. The van der Waals surface area contributed by atoms with Crippen molar-refractivity contribution in [3.63, 3.8) is 0 Å². The van der Waals surface area contributed by atoms with Gasteiger partial charge in [0.05, 0.1) is 6.07 Å². The van der Waals surface area contributed by atoms with Crippen molar-refractivity contribution in [1.82, 2.24) is 5.32 Å². The Balaban J connectivity index is 2.14. The van der Waals surface area contributed by atoms with Crippen LogP contribution < -0.4 is 5.32 Å². The van der Waals surface area contributed by atoms with Crippen LogP contribution >= 0.6 is 0 Å². The van der Waals surface area contributed by atoms with Gasteiger partial charge in [-0.2, -0.15) is 5.26 Å². The fourth-order valence-electron chi connectivity index (χ4n) is 1.65. The number of nitrogens with one attached hydrogen (secondary N) is 1. The van der Waals surface area contributed by atoms with Crippen LogP contribution in [0, 0.1) is 17.1 Å². The van der Waals surface area contributed by atoms with Gasteiger partial charge < -0.3 is 5.32 Å². The van der Waals surface area contributed by atoms with Gasteiger partial charge in [0.25, 0.3) is 5.91 Å². The van der Waals surface area contributed by atoms with Gasteiger partial charge in [0, 0.05) is 5.56 Å². The van der Waals surface area contributed by atoms with E-state index in [-0.39, 0.29) is 11.7 Å². The van der Waals surface area contributed by atoms with Crippen molar-refractivity contribution in [2.24, 2.45) is 0 Å². The number of hydrogen-bond donors (Lipinski definition) is 1. The summed E-state index contributed by atoms with van der Waals surface area (Å²) in [5.74, 6) is -0.716. The first kappa shape index (κ1) is 12.8. The lowest BCUT2D eigenvalue weighted by Crippen LogP contribution is -2.27. The normalized spacial score (nSPS) is 11.4. The summed E-state index contributed by atoms with van der Waals surface area (Å²) in [7, 11) is 0. The number of nitriles is 1. The number of halogens is 1.